The molecule has 0 bridgehead atoms. The first-order valence-electron chi connectivity index (χ1n) is 9.54. The molecule has 0 saturated heterocycles. The second kappa shape index (κ2) is 10.3. The summed E-state index contributed by atoms with van der Waals surface area (Å²) in [5.74, 6) is 1.13. The highest BCUT2D eigenvalue weighted by molar-refractivity contribution is 6.08. The molecule has 3 rings (SSSR count). The van der Waals surface area contributed by atoms with Gasteiger partial charge in [0, 0.05) is 5.56 Å². The van der Waals surface area contributed by atoms with Gasteiger partial charge in [0.2, 0.25) is 0 Å². The minimum atomic E-state index is -0.435. The Morgan fingerprint density at radius 2 is 1.61 bits per heavy atom. The molecule has 0 aromatic heterocycles. The molecule has 31 heavy (non-hydrogen) atoms. The first-order chi connectivity index (χ1) is 15.0. The molecule has 0 spiro atoms. The highest BCUT2D eigenvalue weighted by Crippen LogP contribution is 2.26. The van der Waals surface area contributed by atoms with Crippen molar-refractivity contribution >= 4 is 11.9 Å². The average Bonchev–Trinajstić information content (AvgIpc) is 2.81. The zero-order chi connectivity index (χ0) is 22.2. The normalized spacial score (nSPS) is 10.7. The van der Waals surface area contributed by atoms with Crippen LogP contribution in [0.4, 0.5) is 4.39 Å². The van der Waals surface area contributed by atoms with Crippen LogP contribution < -0.4 is 18.9 Å². The van der Waals surface area contributed by atoms with E-state index in [0.717, 1.165) is 11.1 Å². The highest BCUT2D eigenvalue weighted by Gasteiger charge is 2.12. The van der Waals surface area contributed by atoms with Crippen molar-refractivity contribution in [1.29, 1.82) is 0 Å². The van der Waals surface area contributed by atoms with Crippen molar-refractivity contribution in [2.24, 2.45) is 0 Å². The van der Waals surface area contributed by atoms with Crippen LogP contribution in [0.5, 0.6) is 23.0 Å². The number of hydrogen-bond acceptors (Lipinski definition) is 5. The van der Waals surface area contributed by atoms with Gasteiger partial charge in [0.15, 0.2) is 17.3 Å². The zero-order valence-electron chi connectivity index (χ0n) is 17.6. The Labute approximate surface area is 180 Å². The van der Waals surface area contributed by atoms with E-state index in [1.165, 1.54) is 26.4 Å². The third-order valence-corrected chi connectivity index (χ3v) is 4.62. The van der Waals surface area contributed by atoms with Gasteiger partial charge in [-0.15, -0.1) is 0 Å². The molecule has 0 N–H and O–H groups in total. The number of methoxy groups -OCH3 is 3. The van der Waals surface area contributed by atoms with E-state index >= 15 is 0 Å². The monoisotopic (exact) mass is 422 g/mol. The van der Waals surface area contributed by atoms with Gasteiger partial charge in [-0.1, -0.05) is 24.3 Å². The molecular weight excluding hydrogens is 399 g/mol. The Balaban J connectivity index is 1.80. The Kier molecular flexibility index (Phi) is 7.27. The summed E-state index contributed by atoms with van der Waals surface area (Å²) in [6, 6.07) is 16.7. The van der Waals surface area contributed by atoms with E-state index in [9.17, 15) is 9.18 Å². The largest absolute Gasteiger partial charge is 0.497 e. The van der Waals surface area contributed by atoms with Gasteiger partial charge < -0.3 is 18.9 Å². The topological polar surface area (TPSA) is 54.0 Å². The Bertz CT molecular complexity index is 1090. The van der Waals surface area contributed by atoms with Gasteiger partial charge in [0.05, 0.1) is 26.9 Å². The lowest BCUT2D eigenvalue weighted by atomic mass is 10.1. The molecule has 0 unspecified atom stereocenters. The molecule has 3 aromatic carbocycles. The number of halogens is 1. The van der Waals surface area contributed by atoms with E-state index in [2.05, 4.69) is 0 Å². The lowest BCUT2D eigenvalue weighted by molar-refractivity contribution is 0.104. The number of rotatable bonds is 9. The van der Waals surface area contributed by atoms with Crippen LogP contribution in [0.2, 0.25) is 0 Å². The Hall–Kier alpha value is -3.80. The lowest BCUT2D eigenvalue weighted by Crippen LogP contribution is -2.01. The number of allylic oxidation sites excluding steroid dienone is 1. The predicted molar refractivity (Wildman–Crippen MR) is 117 cm³/mol. The van der Waals surface area contributed by atoms with Crippen LogP contribution in [0.1, 0.15) is 21.5 Å². The van der Waals surface area contributed by atoms with Crippen LogP contribution in [-0.2, 0) is 6.61 Å². The second-order valence-corrected chi connectivity index (χ2v) is 6.55. The summed E-state index contributed by atoms with van der Waals surface area (Å²) in [4.78, 5) is 12.7. The fourth-order valence-corrected chi connectivity index (χ4v) is 3.00. The summed E-state index contributed by atoms with van der Waals surface area (Å²) in [5, 5.41) is 0. The van der Waals surface area contributed by atoms with Gasteiger partial charge in [0.1, 0.15) is 23.9 Å². The number of benzene rings is 3. The molecule has 0 amide bonds. The van der Waals surface area contributed by atoms with Gasteiger partial charge >= 0.3 is 0 Å². The smallest absolute Gasteiger partial charge is 0.189 e. The van der Waals surface area contributed by atoms with Crippen molar-refractivity contribution in [1.82, 2.24) is 0 Å². The molecule has 0 saturated carbocycles. The van der Waals surface area contributed by atoms with Gasteiger partial charge in [-0.3, -0.25) is 4.79 Å². The van der Waals surface area contributed by atoms with Crippen LogP contribution in [-0.4, -0.2) is 27.1 Å². The molecule has 160 valence electrons. The lowest BCUT2D eigenvalue weighted by Gasteiger charge is -2.12. The summed E-state index contributed by atoms with van der Waals surface area (Å²) in [6.07, 6.45) is 3.15. The number of carbonyl (C=O) groups excluding carboxylic acids is 1. The molecule has 0 heterocycles. The summed E-state index contributed by atoms with van der Waals surface area (Å²) < 4.78 is 35.3. The number of carbonyl (C=O) groups is 1. The zero-order valence-corrected chi connectivity index (χ0v) is 17.6. The number of hydrogen-bond donors (Lipinski definition) is 0. The third-order valence-electron chi connectivity index (χ3n) is 4.62. The first-order valence-corrected chi connectivity index (χ1v) is 9.54. The SMILES string of the molecule is COc1ccc(OC)c(C(=O)/C=C/c2ccc(OC)c(COc3ccccc3F)c2)c1. The highest BCUT2D eigenvalue weighted by atomic mass is 19.1. The maximum absolute atomic E-state index is 13.8. The van der Waals surface area contributed by atoms with E-state index in [1.807, 2.05) is 12.1 Å². The van der Waals surface area contributed by atoms with Gasteiger partial charge in [0.25, 0.3) is 0 Å². The maximum atomic E-state index is 13.8. The molecule has 5 nitrogen and oxygen atoms in total. The van der Waals surface area contributed by atoms with Gasteiger partial charge in [-0.2, -0.15) is 0 Å². The standard InChI is InChI=1S/C25H23FO5/c1-28-19-10-13-24(30-3)20(15-19)22(27)11-8-17-9-12-23(29-2)18(14-17)16-31-25-7-5-4-6-21(25)26/h4-15H,16H2,1-3H3/b11-8+. The number of para-hydroxylation sites is 1. The predicted octanol–water partition coefficient (Wildman–Crippen LogP) is 5.33. The fourth-order valence-electron chi connectivity index (χ4n) is 3.00. The average molecular weight is 422 g/mol. The Morgan fingerprint density at radius 1 is 0.871 bits per heavy atom. The van der Waals surface area contributed by atoms with Crippen molar-refractivity contribution in [2.75, 3.05) is 21.3 Å². The minimum Gasteiger partial charge on any atom is -0.497 e. The van der Waals surface area contributed by atoms with E-state index in [-0.39, 0.29) is 18.1 Å². The summed E-state index contributed by atoms with van der Waals surface area (Å²) in [5.41, 5.74) is 1.89. The molecule has 0 aliphatic carbocycles. The van der Waals surface area contributed by atoms with Crippen molar-refractivity contribution in [3.05, 3.63) is 89.2 Å². The van der Waals surface area contributed by atoms with Crippen LogP contribution in [0, 0.1) is 5.82 Å². The van der Waals surface area contributed by atoms with E-state index < -0.39 is 5.82 Å². The van der Waals surface area contributed by atoms with Gasteiger partial charge in [-0.05, 0) is 54.1 Å². The number of ether oxygens (including phenoxy) is 4. The van der Waals surface area contributed by atoms with Crippen LogP contribution in [0.3, 0.4) is 0 Å². The van der Waals surface area contributed by atoms with E-state index in [0.29, 0.717) is 22.8 Å². The van der Waals surface area contributed by atoms with Gasteiger partial charge in [-0.25, -0.2) is 4.39 Å². The molecule has 0 aliphatic rings. The maximum Gasteiger partial charge on any atom is 0.189 e. The Morgan fingerprint density at radius 3 is 2.32 bits per heavy atom. The van der Waals surface area contributed by atoms with Crippen molar-refractivity contribution in [3.63, 3.8) is 0 Å². The first kappa shape index (κ1) is 21.9. The van der Waals surface area contributed by atoms with Crippen LogP contribution in [0.15, 0.2) is 66.7 Å². The molecule has 0 radical (unpaired) electrons. The molecular formula is C25H23FO5. The van der Waals surface area contributed by atoms with Crippen molar-refractivity contribution < 1.29 is 28.1 Å². The summed E-state index contributed by atoms with van der Waals surface area (Å²) >= 11 is 0. The molecule has 0 aliphatic heterocycles. The second-order valence-electron chi connectivity index (χ2n) is 6.55. The summed E-state index contributed by atoms with van der Waals surface area (Å²) in [7, 11) is 4.60. The van der Waals surface area contributed by atoms with Crippen LogP contribution >= 0.6 is 0 Å². The van der Waals surface area contributed by atoms with Crippen LogP contribution in [0.25, 0.3) is 6.08 Å². The molecule has 0 atom stereocenters. The minimum absolute atomic E-state index is 0.115. The van der Waals surface area contributed by atoms with Crippen molar-refractivity contribution in [3.8, 4) is 23.0 Å². The molecule has 6 heteroatoms. The number of ketones is 1. The fraction of sp³-hybridized carbons (Fsp3) is 0.160. The van der Waals surface area contributed by atoms with Crippen molar-refractivity contribution in [2.45, 2.75) is 6.61 Å². The summed E-state index contributed by atoms with van der Waals surface area (Å²) in [6.45, 7) is 0.115. The van der Waals surface area contributed by atoms with E-state index in [1.54, 1.807) is 55.7 Å². The third kappa shape index (κ3) is 5.42. The van der Waals surface area contributed by atoms with E-state index in [4.69, 9.17) is 18.9 Å². The molecule has 3 aromatic rings. The quantitative estimate of drug-likeness (QED) is 0.345. The molecule has 0 fully saturated rings.